The fraction of sp³-hybridized carbons (Fsp3) is 0. The van der Waals surface area contributed by atoms with Crippen molar-refractivity contribution in [3.63, 3.8) is 0 Å². The van der Waals surface area contributed by atoms with Crippen molar-refractivity contribution in [3.05, 3.63) is 328 Å². The lowest BCUT2D eigenvalue weighted by atomic mass is 9.30. The average Bonchev–Trinajstić information content (AvgIpc) is 0.691. The number of fused-ring (bicyclic) bond motifs is 13. The minimum absolute atomic E-state index is 0.234. The summed E-state index contributed by atoms with van der Waals surface area (Å²) >= 11 is 0. The molecule has 0 aromatic heterocycles. The largest absolute Gasteiger partial charge is 0.458 e. The molecule has 14 aromatic carbocycles. The van der Waals surface area contributed by atoms with Gasteiger partial charge in [0.15, 0.2) is 23.0 Å². The SMILES string of the molecule is c1ccc(N(c2ccccc2)c2cc3c4c(c2)N(c2ccccc2)c2c(cc5c6c2Oc2ccccc2N6c2ccccc2O5)B4c2cc4c(cc2O3)N(c2ccccc2)c2cc(N(c3ccccc3)c3ccccc3)cc3c2B4c2ccccc2N3c2ccccc2)cc1. The van der Waals surface area contributed by atoms with E-state index >= 15 is 0 Å². The van der Waals surface area contributed by atoms with Crippen LogP contribution in [0.4, 0.5) is 102 Å². The highest BCUT2D eigenvalue weighted by Crippen LogP contribution is 2.64. The van der Waals surface area contributed by atoms with E-state index in [1.54, 1.807) is 0 Å². The van der Waals surface area contributed by atoms with Gasteiger partial charge in [-0.3, -0.25) is 4.90 Å². The van der Waals surface area contributed by atoms with Crippen molar-refractivity contribution >= 4 is 149 Å². The summed E-state index contributed by atoms with van der Waals surface area (Å²) in [5, 5.41) is 0. The predicted molar refractivity (Wildman–Crippen MR) is 391 cm³/mol. The van der Waals surface area contributed by atoms with E-state index < -0.39 is 6.71 Å². The molecule has 0 aliphatic carbocycles. The summed E-state index contributed by atoms with van der Waals surface area (Å²) in [6, 6.07) is 118. The van der Waals surface area contributed by atoms with Gasteiger partial charge in [0.1, 0.15) is 17.2 Å². The Kier molecular flexibility index (Phi) is 11.7. The standard InChI is InChI=1S/C84H54B2N6O3/c1-8-28-55(29-9-1)87(56-30-10-2-11-31-56)62-48-72-80-73(49-62)90(60-38-18-6-19-39-60)71-54-77-66(52-65(71)85(80)64-42-22-23-43-68(64)89(72)59-36-16-5-17-37-59)86-67-53-79-83-84(95-76-47-27-25-45-70(76)92(83)69-44-24-26-46-75(69)93-79)82(67)91(61-40-20-7-21-41-61)74-50-63(51-78(94-77)81(74)86)88(57-32-12-3-13-33-57)58-34-14-4-15-35-58/h1-54H. The average molecular weight is 1220 g/mol. The normalized spacial score (nSPS) is 13.4. The van der Waals surface area contributed by atoms with E-state index in [4.69, 9.17) is 14.2 Å². The van der Waals surface area contributed by atoms with E-state index in [0.29, 0.717) is 11.5 Å². The van der Waals surface area contributed by atoms with Gasteiger partial charge in [-0.2, -0.15) is 0 Å². The van der Waals surface area contributed by atoms with Crippen LogP contribution < -0.4 is 76.4 Å². The van der Waals surface area contributed by atoms with E-state index in [9.17, 15) is 0 Å². The number of benzene rings is 14. The molecule has 0 saturated heterocycles. The number of hydrogen-bond acceptors (Lipinski definition) is 9. The fourth-order valence-corrected chi connectivity index (χ4v) is 15.7. The smallest absolute Gasteiger partial charge is 0.256 e. The van der Waals surface area contributed by atoms with Crippen LogP contribution >= 0.6 is 0 Å². The zero-order valence-corrected chi connectivity index (χ0v) is 51.2. The summed E-state index contributed by atoms with van der Waals surface area (Å²) in [4.78, 5) is 14.4. The molecule has 95 heavy (non-hydrogen) atoms. The maximum Gasteiger partial charge on any atom is 0.256 e. The predicted octanol–water partition coefficient (Wildman–Crippen LogP) is 18.8. The lowest BCUT2D eigenvalue weighted by Crippen LogP contribution is -2.64. The first-order chi connectivity index (χ1) is 47.2. The Morgan fingerprint density at radius 1 is 0.221 bits per heavy atom. The second-order valence-electron chi connectivity index (χ2n) is 24.7. The first-order valence-corrected chi connectivity index (χ1v) is 32.4. The number of hydrogen-bond donors (Lipinski definition) is 0. The molecule has 6 aliphatic heterocycles. The summed E-state index contributed by atoms with van der Waals surface area (Å²) < 4.78 is 22.7. The molecule has 20 rings (SSSR count). The molecular formula is C84H54B2N6O3. The lowest BCUT2D eigenvalue weighted by Gasteiger charge is -2.46. The van der Waals surface area contributed by atoms with Gasteiger partial charge in [0.05, 0.1) is 28.4 Å². The lowest BCUT2D eigenvalue weighted by molar-refractivity contribution is 0.447. The highest BCUT2D eigenvalue weighted by atomic mass is 16.5. The molecular weight excluding hydrogens is 1160 g/mol. The topological polar surface area (TPSA) is 47.1 Å². The molecule has 0 unspecified atom stereocenters. The first kappa shape index (κ1) is 53.1. The van der Waals surface area contributed by atoms with Crippen molar-refractivity contribution in [2.24, 2.45) is 0 Å². The van der Waals surface area contributed by atoms with Crippen molar-refractivity contribution in [2.45, 2.75) is 0 Å². The molecule has 14 aromatic rings. The molecule has 0 radical (unpaired) electrons. The van der Waals surface area contributed by atoms with Gasteiger partial charge in [0.2, 0.25) is 0 Å². The Bertz CT molecular complexity index is 5320. The molecule has 0 fully saturated rings. The molecule has 9 nitrogen and oxygen atoms in total. The van der Waals surface area contributed by atoms with Crippen LogP contribution in [0, 0.1) is 0 Å². The zero-order chi connectivity index (χ0) is 62.2. The molecule has 0 spiro atoms. The van der Waals surface area contributed by atoms with Crippen molar-refractivity contribution in [3.8, 4) is 34.5 Å². The molecule has 444 valence electrons. The highest BCUT2D eigenvalue weighted by Gasteiger charge is 2.51. The maximum atomic E-state index is 7.88. The Labute approximate surface area is 551 Å². The van der Waals surface area contributed by atoms with Crippen LogP contribution in [0.5, 0.6) is 34.5 Å². The fourth-order valence-electron chi connectivity index (χ4n) is 15.7. The quantitative estimate of drug-likeness (QED) is 0.132. The van der Waals surface area contributed by atoms with Gasteiger partial charge in [-0.05, 0) is 172 Å². The summed E-state index contributed by atoms with van der Waals surface area (Å²) in [5.74, 6) is 4.43. The van der Waals surface area contributed by atoms with Crippen LogP contribution in [-0.4, -0.2) is 13.4 Å². The van der Waals surface area contributed by atoms with Gasteiger partial charge in [0, 0.05) is 80.4 Å². The molecule has 0 atom stereocenters. The summed E-state index contributed by atoms with van der Waals surface area (Å²) in [7, 11) is 0. The summed E-state index contributed by atoms with van der Waals surface area (Å²) in [6.07, 6.45) is 0. The van der Waals surface area contributed by atoms with Crippen LogP contribution in [0.3, 0.4) is 0 Å². The molecule has 0 bridgehead atoms. The number of rotatable bonds is 9. The van der Waals surface area contributed by atoms with E-state index in [0.717, 1.165) is 147 Å². The third-order valence-electron chi connectivity index (χ3n) is 19.5. The molecule has 0 amide bonds. The monoisotopic (exact) mass is 1220 g/mol. The number of ether oxygens (including phenoxy) is 3. The van der Waals surface area contributed by atoms with Crippen molar-refractivity contribution in [2.75, 3.05) is 29.4 Å². The van der Waals surface area contributed by atoms with Gasteiger partial charge in [0.25, 0.3) is 13.4 Å². The summed E-state index contributed by atoms with van der Waals surface area (Å²) in [5.41, 5.74) is 24.7. The van der Waals surface area contributed by atoms with Gasteiger partial charge >= 0.3 is 0 Å². The third-order valence-corrected chi connectivity index (χ3v) is 19.5. The first-order valence-electron chi connectivity index (χ1n) is 32.4. The minimum Gasteiger partial charge on any atom is -0.458 e. The van der Waals surface area contributed by atoms with Crippen molar-refractivity contribution < 1.29 is 14.2 Å². The molecule has 0 saturated carbocycles. The maximum absolute atomic E-state index is 7.88. The molecule has 11 heteroatoms. The second kappa shape index (κ2) is 21.0. The van der Waals surface area contributed by atoms with Crippen LogP contribution in [0.1, 0.15) is 0 Å². The van der Waals surface area contributed by atoms with Crippen LogP contribution in [0.15, 0.2) is 328 Å². The Morgan fingerprint density at radius 3 is 1.17 bits per heavy atom. The van der Waals surface area contributed by atoms with E-state index in [1.165, 1.54) is 10.9 Å². The van der Waals surface area contributed by atoms with Gasteiger partial charge in [-0.1, -0.05) is 176 Å². The van der Waals surface area contributed by atoms with E-state index in [-0.39, 0.29) is 6.71 Å². The Hall–Kier alpha value is -12.6. The van der Waals surface area contributed by atoms with Crippen LogP contribution in [-0.2, 0) is 0 Å². The Balaban J connectivity index is 0.897. The number of anilines is 18. The van der Waals surface area contributed by atoms with E-state index in [1.807, 2.05) is 6.07 Å². The number of para-hydroxylation sites is 12. The van der Waals surface area contributed by atoms with E-state index in [2.05, 4.69) is 351 Å². The molecule has 6 aliphatic rings. The van der Waals surface area contributed by atoms with Crippen LogP contribution in [0.2, 0.25) is 0 Å². The van der Waals surface area contributed by atoms with Crippen molar-refractivity contribution in [1.82, 2.24) is 0 Å². The third kappa shape index (κ3) is 8.06. The summed E-state index contributed by atoms with van der Waals surface area (Å²) in [6.45, 7) is -0.641. The highest BCUT2D eigenvalue weighted by molar-refractivity contribution is 7.02. The second-order valence-corrected chi connectivity index (χ2v) is 24.7. The van der Waals surface area contributed by atoms with Gasteiger partial charge in [-0.25, -0.2) is 0 Å². The number of nitrogens with zero attached hydrogens (tertiary/aromatic N) is 6. The molecule has 0 N–H and O–H groups in total. The van der Waals surface area contributed by atoms with Crippen LogP contribution in [0.25, 0.3) is 0 Å². The zero-order valence-electron chi connectivity index (χ0n) is 51.2. The van der Waals surface area contributed by atoms with Crippen molar-refractivity contribution in [1.29, 1.82) is 0 Å². The van der Waals surface area contributed by atoms with Gasteiger partial charge < -0.3 is 38.7 Å². The Morgan fingerprint density at radius 2 is 0.632 bits per heavy atom. The minimum atomic E-state index is -0.408. The van der Waals surface area contributed by atoms with Gasteiger partial charge in [-0.15, -0.1) is 0 Å². The molecule has 6 heterocycles.